The molecule has 1 rings (SSSR count). The average Bonchev–Trinajstić information content (AvgIpc) is 2.04. The van der Waals surface area contributed by atoms with Crippen LogP contribution in [-0.4, -0.2) is 5.11 Å². The fourth-order valence-corrected chi connectivity index (χ4v) is 1.23. The number of halogens is 1. The van der Waals surface area contributed by atoms with Gasteiger partial charge < -0.3 is 5.11 Å². The summed E-state index contributed by atoms with van der Waals surface area (Å²) in [6.45, 7) is 1.92. The molecule has 11 heavy (non-hydrogen) atoms. The molecule has 0 heterocycles. The molecule has 0 aliphatic rings. The first kappa shape index (κ1) is 8.57. The molecule has 1 N–H and O–H groups in total. The van der Waals surface area contributed by atoms with E-state index in [1.165, 1.54) is 0 Å². The van der Waals surface area contributed by atoms with Gasteiger partial charge in [-0.25, -0.2) is 0 Å². The van der Waals surface area contributed by atoms with Gasteiger partial charge in [0.1, 0.15) is 0 Å². The molecule has 0 saturated carbocycles. The lowest BCUT2D eigenvalue weighted by Gasteiger charge is -2.08. The van der Waals surface area contributed by atoms with Crippen LogP contribution in [0.4, 0.5) is 0 Å². The maximum atomic E-state index is 9.43. The van der Waals surface area contributed by atoms with Crippen LogP contribution in [0, 0.1) is 0 Å². The number of aliphatic hydroxyl groups is 1. The minimum absolute atomic E-state index is 0.427. The fraction of sp³-hybridized carbons (Fsp3) is 0.333. The Morgan fingerprint density at radius 1 is 1.45 bits per heavy atom. The minimum Gasteiger partial charge on any atom is -0.388 e. The third kappa shape index (κ3) is 1.95. The Labute approximate surface area is 71.6 Å². The van der Waals surface area contributed by atoms with Gasteiger partial charge in [-0.05, 0) is 18.1 Å². The van der Waals surface area contributed by atoms with Crippen molar-refractivity contribution < 1.29 is 5.11 Å². The van der Waals surface area contributed by atoms with Gasteiger partial charge >= 0.3 is 0 Å². The van der Waals surface area contributed by atoms with Gasteiger partial charge in [0, 0.05) is 5.02 Å². The highest BCUT2D eigenvalue weighted by Crippen LogP contribution is 2.23. The summed E-state index contributed by atoms with van der Waals surface area (Å²) in [6.07, 6.45) is 0.271. The van der Waals surface area contributed by atoms with Gasteiger partial charge in [0.05, 0.1) is 6.10 Å². The van der Waals surface area contributed by atoms with E-state index in [0.29, 0.717) is 11.4 Å². The van der Waals surface area contributed by atoms with Crippen molar-refractivity contribution in [2.45, 2.75) is 19.4 Å². The Morgan fingerprint density at radius 3 is 2.64 bits per heavy atom. The standard InChI is InChI=1S/C9H11ClO/c1-2-9(11)7-5-3-4-6-8(7)10/h3-6,9,11H,2H2,1H3/t9-/m0/s1. The van der Waals surface area contributed by atoms with E-state index in [2.05, 4.69) is 0 Å². The van der Waals surface area contributed by atoms with Gasteiger partial charge in [0.2, 0.25) is 0 Å². The average molecular weight is 171 g/mol. The number of hydrogen-bond donors (Lipinski definition) is 1. The molecule has 0 unspecified atom stereocenters. The second kappa shape index (κ2) is 3.74. The van der Waals surface area contributed by atoms with Crippen molar-refractivity contribution in [2.24, 2.45) is 0 Å². The lowest BCUT2D eigenvalue weighted by molar-refractivity contribution is 0.174. The zero-order valence-electron chi connectivity index (χ0n) is 6.42. The summed E-state index contributed by atoms with van der Waals surface area (Å²) >= 11 is 5.84. The monoisotopic (exact) mass is 170 g/mol. The largest absolute Gasteiger partial charge is 0.388 e. The molecular formula is C9H11ClO. The summed E-state index contributed by atoms with van der Waals surface area (Å²) in [5.74, 6) is 0. The Kier molecular flexibility index (Phi) is 2.92. The molecule has 1 aromatic carbocycles. The second-order valence-corrected chi connectivity index (χ2v) is 2.85. The van der Waals surface area contributed by atoms with Crippen molar-refractivity contribution in [3.63, 3.8) is 0 Å². The summed E-state index contributed by atoms with van der Waals surface area (Å²) in [6, 6.07) is 7.36. The molecule has 1 nitrogen and oxygen atoms in total. The zero-order chi connectivity index (χ0) is 8.27. The number of rotatable bonds is 2. The van der Waals surface area contributed by atoms with Crippen molar-refractivity contribution in [3.8, 4) is 0 Å². The van der Waals surface area contributed by atoms with Gasteiger partial charge in [-0.3, -0.25) is 0 Å². The molecule has 60 valence electrons. The summed E-state index contributed by atoms with van der Waals surface area (Å²) < 4.78 is 0. The summed E-state index contributed by atoms with van der Waals surface area (Å²) in [5.41, 5.74) is 0.816. The molecule has 0 fully saturated rings. The third-order valence-electron chi connectivity index (χ3n) is 1.65. The van der Waals surface area contributed by atoms with Crippen molar-refractivity contribution in [1.29, 1.82) is 0 Å². The predicted octanol–water partition coefficient (Wildman–Crippen LogP) is 2.78. The lowest BCUT2D eigenvalue weighted by Crippen LogP contribution is -1.94. The summed E-state index contributed by atoms with van der Waals surface area (Å²) in [7, 11) is 0. The smallest absolute Gasteiger partial charge is 0.0801 e. The van der Waals surface area contributed by atoms with E-state index < -0.39 is 6.10 Å². The Morgan fingerprint density at radius 2 is 2.09 bits per heavy atom. The first-order valence-corrected chi connectivity index (χ1v) is 4.06. The summed E-state index contributed by atoms with van der Waals surface area (Å²) in [4.78, 5) is 0. The minimum atomic E-state index is -0.427. The number of benzene rings is 1. The van der Waals surface area contributed by atoms with Crippen LogP contribution in [0.3, 0.4) is 0 Å². The maximum absolute atomic E-state index is 9.43. The predicted molar refractivity (Wildman–Crippen MR) is 46.7 cm³/mol. The topological polar surface area (TPSA) is 20.2 Å². The van der Waals surface area contributed by atoms with Crippen molar-refractivity contribution >= 4 is 11.6 Å². The molecular weight excluding hydrogens is 160 g/mol. The van der Waals surface area contributed by atoms with Gasteiger partial charge in [0.25, 0.3) is 0 Å². The van der Waals surface area contributed by atoms with Crippen LogP contribution in [0.25, 0.3) is 0 Å². The van der Waals surface area contributed by atoms with Crippen LogP contribution in [-0.2, 0) is 0 Å². The molecule has 1 aromatic rings. The van der Waals surface area contributed by atoms with Crippen LogP contribution in [0.1, 0.15) is 25.0 Å². The SMILES string of the molecule is CC[C@H](O)c1ccccc1Cl. The van der Waals surface area contributed by atoms with E-state index in [1.54, 1.807) is 6.07 Å². The molecule has 0 bridgehead atoms. The molecule has 0 aliphatic carbocycles. The first-order valence-electron chi connectivity index (χ1n) is 3.68. The van der Waals surface area contributed by atoms with Crippen LogP contribution in [0.15, 0.2) is 24.3 Å². The molecule has 2 heteroatoms. The van der Waals surface area contributed by atoms with Gasteiger partial charge in [-0.15, -0.1) is 0 Å². The highest BCUT2D eigenvalue weighted by molar-refractivity contribution is 6.31. The van der Waals surface area contributed by atoms with E-state index in [4.69, 9.17) is 11.6 Å². The Hall–Kier alpha value is -0.530. The highest BCUT2D eigenvalue weighted by atomic mass is 35.5. The van der Waals surface area contributed by atoms with Crippen LogP contribution in [0.5, 0.6) is 0 Å². The third-order valence-corrected chi connectivity index (χ3v) is 2.00. The second-order valence-electron chi connectivity index (χ2n) is 2.45. The van der Waals surface area contributed by atoms with Crippen molar-refractivity contribution in [2.75, 3.05) is 0 Å². The quantitative estimate of drug-likeness (QED) is 0.724. The molecule has 0 saturated heterocycles. The molecule has 0 aromatic heterocycles. The fourth-order valence-electron chi connectivity index (χ4n) is 0.965. The van der Waals surface area contributed by atoms with E-state index in [0.717, 1.165) is 5.56 Å². The first-order chi connectivity index (χ1) is 5.25. The zero-order valence-corrected chi connectivity index (χ0v) is 7.17. The van der Waals surface area contributed by atoms with Crippen LogP contribution >= 0.6 is 11.6 Å². The van der Waals surface area contributed by atoms with Gasteiger partial charge in [-0.1, -0.05) is 36.7 Å². The molecule has 0 spiro atoms. The Balaban J connectivity index is 2.93. The van der Waals surface area contributed by atoms with Crippen LogP contribution < -0.4 is 0 Å². The lowest BCUT2D eigenvalue weighted by atomic mass is 10.1. The van der Waals surface area contributed by atoms with Crippen LogP contribution in [0.2, 0.25) is 5.02 Å². The molecule has 0 radical (unpaired) electrons. The van der Waals surface area contributed by atoms with Gasteiger partial charge in [0.15, 0.2) is 0 Å². The van der Waals surface area contributed by atoms with E-state index in [-0.39, 0.29) is 0 Å². The Bertz CT molecular complexity index is 235. The number of aliphatic hydroxyl groups excluding tert-OH is 1. The molecule has 0 aliphatic heterocycles. The van der Waals surface area contributed by atoms with E-state index in [9.17, 15) is 5.11 Å². The van der Waals surface area contributed by atoms with E-state index in [1.807, 2.05) is 25.1 Å². The van der Waals surface area contributed by atoms with E-state index >= 15 is 0 Å². The van der Waals surface area contributed by atoms with Crippen molar-refractivity contribution in [3.05, 3.63) is 34.9 Å². The highest BCUT2D eigenvalue weighted by Gasteiger charge is 2.06. The summed E-state index contributed by atoms with van der Waals surface area (Å²) in [5, 5.41) is 10.1. The van der Waals surface area contributed by atoms with Gasteiger partial charge in [-0.2, -0.15) is 0 Å². The normalized spacial score (nSPS) is 13.0. The van der Waals surface area contributed by atoms with Crippen molar-refractivity contribution in [1.82, 2.24) is 0 Å². The number of hydrogen-bond acceptors (Lipinski definition) is 1. The molecule has 0 amide bonds. The molecule has 1 atom stereocenters. The maximum Gasteiger partial charge on any atom is 0.0801 e.